The van der Waals surface area contributed by atoms with E-state index in [1.165, 1.54) is 6.07 Å². The van der Waals surface area contributed by atoms with Crippen molar-refractivity contribution in [1.82, 2.24) is 0 Å². The molecule has 1 rings (SSSR count). The molecule has 0 fully saturated rings. The van der Waals surface area contributed by atoms with Gasteiger partial charge in [0.2, 0.25) is 0 Å². The fourth-order valence-corrected chi connectivity index (χ4v) is 1.21. The van der Waals surface area contributed by atoms with E-state index in [1.807, 2.05) is 26.8 Å². The first-order valence-electron chi connectivity index (χ1n) is 4.39. The first-order chi connectivity index (χ1) is 6.06. The van der Waals surface area contributed by atoms with Crippen molar-refractivity contribution in [1.29, 1.82) is 0 Å². The predicted octanol–water partition coefficient (Wildman–Crippen LogP) is 2.60. The van der Waals surface area contributed by atoms with E-state index < -0.39 is 0 Å². The lowest BCUT2D eigenvalue weighted by molar-refractivity contribution is 0.0987. The van der Waals surface area contributed by atoms with Gasteiger partial charge in [-0.25, -0.2) is 0 Å². The van der Waals surface area contributed by atoms with Crippen LogP contribution in [0.15, 0.2) is 12.1 Å². The van der Waals surface area contributed by atoms with Gasteiger partial charge in [-0.15, -0.1) is 0 Å². The molecule has 1 aromatic rings. The first kappa shape index (κ1) is 9.78. The number of rotatable bonds is 2. The normalized spacial score (nSPS) is 10.1. The third kappa shape index (κ3) is 1.89. The van der Waals surface area contributed by atoms with Crippen molar-refractivity contribution in [3.05, 3.63) is 28.8 Å². The molecule has 0 radical (unpaired) electrons. The highest BCUT2D eigenvalue weighted by atomic mass is 16.3. The van der Waals surface area contributed by atoms with Gasteiger partial charge in [-0.3, -0.25) is 4.79 Å². The van der Waals surface area contributed by atoms with Crippen LogP contribution >= 0.6 is 0 Å². The number of carbonyl (C=O) groups excluding carboxylic acids is 1. The fourth-order valence-electron chi connectivity index (χ4n) is 1.21. The van der Waals surface area contributed by atoms with E-state index in [0.717, 1.165) is 11.1 Å². The molecule has 0 heterocycles. The Bertz CT molecular complexity index is 317. The van der Waals surface area contributed by atoms with Gasteiger partial charge in [0.1, 0.15) is 5.75 Å². The molecule has 0 atom stereocenters. The molecular weight excluding hydrogens is 164 g/mol. The number of hydrogen-bond donors (Lipinski definition) is 1. The van der Waals surface area contributed by atoms with Gasteiger partial charge in [-0.05, 0) is 37.1 Å². The Morgan fingerprint density at radius 1 is 1.38 bits per heavy atom. The fraction of sp³-hybridized carbons (Fsp3) is 0.364. The SMILES string of the molecule is CCC(=O)c1cc(C)c(C)c(O)c1. The summed E-state index contributed by atoms with van der Waals surface area (Å²) in [4.78, 5) is 11.3. The molecule has 13 heavy (non-hydrogen) atoms. The highest BCUT2D eigenvalue weighted by Crippen LogP contribution is 2.22. The number of hydrogen-bond acceptors (Lipinski definition) is 2. The summed E-state index contributed by atoms with van der Waals surface area (Å²) < 4.78 is 0. The second-order valence-corrected chi connectivity index (χ2v) is 3.21. The van der Waals surface area contributed by atoms with Crippen LogP contribution in [0.1, 0.15) is 34.8 Å². The van der Waals surface area contributed by atoms with Crippen LogP contribution in [0.5, 0.6) is 5.75 Å². The molecule has 0 saturated heterocycles. The Morgan fingerprint density at radius 3 is 2.46 bits per heavy atom. The molecule has 0 aliphatic rings. The maximum absolute atomic E-state index is 11.3. The standard InChI is InChI=1S/C11H14O2/c1-4-10(12)9-5-7(2)8(3)11(13)6-9/h5-6,13H,4H2,1-3H3. The first-order valence-corrected chi connectivity index (χ1v) is 4.39. The minimum absolute atomic E-state index is 0.0680. The van der Waals surface area contributed by atoms with E-state index >= 15 is 0 Å². The molecule has 0 unspecified atom stereocenters. The summed E-state index contributed by atoms with van der Waals surface area (Å²) in [7, 11) is 0. The van der Waals surface area contributed by atoms with Crippen LogP contribution in [-0.2, 0) is 0 Å². The van der Waals surface area contributed by atoms with Crippen LogP contribution in [0.3, 0.4) is 0 Å². The van der Waals surface area contributed by atoms with Gasteiger partial charge in [-0.2, -0.15) is 0 Å². The lowest BCUT2D eigenvalue weighted by Gasteiger charge is -2.05. The van der Waals surface area contributed by atoms with E-state index in [-0.39, 0.29) is 11.5 Å². The topological polar surface area (TPSA) is 37.3 Å². The molecule has 0 saturated carbocycles. The van der Waals surface area contributed by atoms with Crippen molar-refractivity contribution in [2.45, 2.75) is 27.2 Å². The number of aryl methyl sites for hydroxylation is 1. The molecule has 0 aliphatic heterocycles. The van der Waals surface area contributed by atoms with Crippen molar-refractivity contribution in [2.24, 2.45) is 0 Å². The third-order valence-electron chi connectivity index (χ3n) is 2.28. The van der Waals surface area contributed by atoms with Crippen LogP contribution < -0.4 is 0 Å². The van der Waals surface area contributed by atoms with Gasteiger partial charge >= 0.3 is 0 Å². The molecule has 1 N–H and O–H groups in total. The predicted molar refractivity (Wildman–Crippen MR) is 52.2 cm³/mol. The minimum Gasteiger partial charge on any atom is -0.508 e. The average molecular weight is 178 g/mol. The lowest BCUT2D eigenvalue weighted by Crippen LogP contribution is -1.97. The molecule has 0 bridgehead atoms. The number of aromatic hydroxyl groups is 1. The number of Topliss-reactive ketones (excluding diaryl/α,β-unsaturated/α-hetero) is 1. The number of benzene rings is 1. The Kier molecular flexibility index (Phi) is 2.71. The summed E-state index contributed by atoms with van der Waals surface area (Å²) in [6.07, 6.45) is 0.474. The van der Waals surface area contributed by atoms with Gasteiger partial charge < -0.3 is 5.11 Å². The Morgan fingerprint density at radius 2 is 2.00 bits per heavy atom. The smallest absolute Gasteiger partial charge is 0.162 e. The Balaban J connectivity index is 3.20. The van der Waals surface area contributed by atoms with E-state index in [9.17, 15) is 9.90 Å². The van der Waals surface area contributed by atoms with Gasteiger partial charge in [-0.1, -0.05) is 6.92 Å². The molecule has 2 nitrogen and oxygen atoms in total. The lowest BCUT2D eigenvalue weighted by atomic mass is 10.0. The Hall–Kier alpha value is -1.31. The van der Waals surface area contributed by atoms with E-state index in [4.69, 9.17) is 0 Å². The number of phenolic OH excluding ortho intramolecular Hbond substituents is 1. The van der Waals surface area contributed by atoms with E-state index in [1.54, 1.807) is 0 Å². The molecule has 0 amide bonds. The van der Waals surface area contributed by atoms with Crippen molar-refractivity contribution < 1.29 is 9.90 Å². The summed E-state index contributed by atoms with van der Waals surface area (Å²) in [6, 6.07) is 3.36. The van der Waals surface area contributed by atoms with Gasteiger partial charge in [0.15, 0.2) is 5.78 Å². The second kappa shape index (κ2) is 3.60. The largest absolute Gasteiger partial charge is 0.508 e. The average Bonchev–Trinajstić information content (AvgIpc) is 2.12. The summed E-state index contributed by atoms with van der Waals surface area (Å²) in [5, 5.41) is 9.47. The molecule has 2 heteroatoms. The number of phenols is 1. The molecular formula is C11H14O2. The van der Waals surface area contributed by atoms with Crippen LogP contribution in [0.4, 0.5) is 0 Å². The van der Waals surface area contributed by atoms with Crippen molar-refractivity contribution >= 4 is 5.78 Å². The number of carbonyl (C=O) groups is 1. The zero-order valence-corrected chi connectivity index (χ0v) is 8.22. The third-order valence-corrected chi connectivity index (χ3v) is 2.28. The zero-order chi connectivity index (χ0) is 10.0. The van der Waals surface area contributed by atoms with Crippen molar-refractivity contribution in [3.63, 3.8) is 0 Å². The highest BCUT2D eigenvalue weighted by Gasteiger charge is 2.07. The van der Waals surface area contributed by atoms with Crippen molar-refractivity contribution in [3.8, 4) is 5.75 Å². The summed E-state index contributed by atoms with van der Waals surface area (Å²) >= 11 is 0. The van der Waals surface area contributed by atoms with Gasteiger partial charge in [0, 0.05) is 12.0 Å². The summed E-state index contributed by atoms with van der Waals surface area (Å²) in [5.41, 5.74) is 2.40. The van der Waals surface area contributed by atoms with Crippen LogP contribution in [0.2, 0.25) is 0 Å². The summed E-state index contributed by atoms with van der Waals surface area (Å²) in [5.74, 6) is 0.273. The molecule has 0 spiro atoms. The van der Waals surface area contributed by atoms with Gasteiger partial charge in [0.05, 0.1) is 0 Å². The zero-order valence-electron chi connectivity index (χ0n) is 8.22. The maximum Gasteiger partial charge on any atom is 0.162 e. The highest BCUT2D eigenvalue weighted by molar-refractivity contribution is 5.96. The van der Waals surface area contributed by atoms with E-state index in [2.05, 4.69) is 0 Å². The van der Waals surface area contributed by atoms with Crippen LogP contribution in [-0.4, -0.2) is 10.9 Å². The molecule has 0 aliphatic carbocycles. The maximum atomic E-state index is 11.3. The molecule has 70 valence electrons. The van der Waals surface area contributed by atoms with Gasteiger partial charge in [0.25, 0.3) is 0 Å². The minimum atomic E-state index is 0.0680. The second-order valence-electron chi connectivity index (χ2n) is 3.21. The molecule has 1 aromatic carbocycles. The Labute approximate surface area is 78.2 Å². The summed E-state index contributed by atoms with van der Waals surface area (Å²) in [6.45, 7) is 5.54. The van der Waals surface area contributed by atoms with E-state index in [0.29, 0.717) is 12.0 Å². The van der Waals surface area contributed by atoms with Crippen LogP contribution in [0.25, 0.3) is 0 Å². The van der Waals surface area contributed by atoms with Crippen molar-refractivity contribution in [2.75, 3.05) is 0 Å². The quantitative estimate of drug-likeness (QED) is 0.707. The monoisotopic (exact) mass is 178 g/mol. The number of ketones is 1. The molecule has 0 aromatic heterocycles. The van der Waals surface area contributed by atoms with Crippen LogP contribution in [0, 0.1) is 13.8 Å².